The van der Waals surface area contributed by atoms with Crippen LogP contribution in [0.3, 0.4) is 0 Å². The van der Waals surface area contributed by atoms with Crippen molar-refractivity contribution >= 4 is 5.91 Å². The molecule has 1 aliphatic heterocycles. The first-order valence-electron chi connectivity index (χ1n) is 6.60. The second kappa shape index (κ2) is 3.80. The first-order chi connectivity index (χ1) is 7.33. The number of carbonyl (C=O) groups excluding carboxylic acids is 1. The van der Waals surface area contributed by atoms with Crippen LogP contribution in [0, 0.1) is 17.8 Å². The number of amides is 1. The molecule has 1 heterocycles. The lowest BCUT2D eigenvalue weighted by atomic mass is 9.86. The van der Waals surface area contributed by atoms with Crippen LogP contribution in [0.25, 0.3) is 0 Å². The van der Waals surface area contributed by atoms with Gasteiger partial charge in [-0.3, -0.25) is 4.79 Å². The molecular formula is C13H21NO. The van der Waals surface area contributed by atoms with Crippen molar-refractivity contribution in [3.8, 4) is 0 Å². The molecule has 2 bridgehead atoms. The summed E-state index contributed by atoms with van der Waals surface area (Å²) in [5.41, 5.74) is 0. The maximum Gasteiger partial charge on any atom is 0.222 e. The molecule has 2 heteroatoms. The van der Waals surface area contributed by atoms with Crippen LogP contribution in [0.4, 0.5) is 0 Å². The number of fused-ring (bicyclic) bond motifs is 2. The van der Waals surface area contributed by atoms with Crippen molar-refractivity contribution in [1.82, 2.24) is 4.90 Å². The number of likely N-dealkylation sites (tertiary alicyclic amines) is 1. The van der Waals surface area contributed by atoms with Crippen molar-refractivity contribution in [2.75, 3.05) is 13.1 Å². The van der Waals surface area contributed by atoms with Gasteiger partial charge in [0.05, 0.1) is 0 Å². The Balaban J connectivity index is 1.54. The van der Waals surface area contributed by atoms with Gasteiger partial charge in [-0.2, -0.15) is 0 Å². The Kier molecular flexibility index (Phi) is 2.45. The maximum absolute atomic E-state index is 12.0. The fraction of sp³-hybridized carbons (Fsp3) is 0.923. The number of rotatable bonds is 2. The van der Waals surface area contributed by atoms with Crippen LogP contribution in [0.1, 0.15) is 44.9 Å². The Labute approximate surface area is 92.0 Å². The zero-order chi connectivity index (χ0) is 10.3. The van der Waals surface area contributed by atoms with Crippen molar-refractivity contribution in [3.05, 3.63) is 0 Å². The van der Waals surface area contributed by atoms with E-state index in [0.29, 0.717) is 5.91 Å². The van der Waals surface area contributed by atoms with E-state index in [9.17, 15) is 4.79 Å². The molecule has 0 aromatic carbocycles. The molecular weight excluding hydrogens is 186 g/mol. The second-order valence-corrected chi connectivity index (χ2v) is 5.73. The molecule has 3 fully saturated rings. The van der Waals surface area contributed by atoms with E-state index in [1.165, 1.54) is 38.5 Å². The molecule has 0 N–H and O–H groups in total. The molecule has 3 rings (SSSR count). The van der Waals surface area contributed by atoms with Crippen molar-refractivity contribution < 1.29 is 4.79 Å². The highest BCUT2D eigenvalue weighted by Gasteiger charge is 2.40. The summed E-state index contributed by atoms with van der Waals surface area (Å²) in [6, 6.07) is 0. The minimum Gasteiger partial charge on any atom is -0.343 e. The van der Waals surface area contributed by atoms with Crippen LogP contribution >= 0.6 is 0 Å². The van der Waals surface area contributed by atoms with E-state index in [4.69, 9.17) is 0 Å². The monoisotopic (exact) mass is 207 g/mol. The quantitative estimate of drug-likeness (QED) is 0.681. The molecule has 84 valence electrons. The number of nitrogens with zero attached hydrogens (tertiary/aromatic N) is 1. The smallest absolute Gasteiger partial charge is 0.222 e. The highest BCUT2D eigenvalue weighted by Crippen LogP contribution is 2.49. The van der Waals surface area contributed by atoms with Crippen LogP contribution in [0.2, 0.25) is 0 Å². The van der Waals surface area contributed by atoms with E-state index in [1.807, 2.05) is 0 Å². The van der Waals surface area contributed by atoms with Crippen molar-refractivity contribution in [1.29, 1.82) is 0 Å². The molecule has 0 aromatic rings. The molecule has 1 amide bonds. The van der Waals surface area contributed by atoms with E-state index in [2.05, 4.69) is 4.90 Å². The molecule has 15 heavy (non-hydrogen) atoms. The summed E-state index contributed by atoms with van der Waals surface area (Å²) in [6.07, 6.45) is 8.94. The number of hydrogen-bond donors (Lipinski definition) is 0. The third-order valence-corrected chi connectivity index (χ3v) is 4.78. The van der Waals surface area contributed by atoms with Gasteiger partial charge >= 0.3 is 0 Å². The summed E-state index contributed by atoms with van der Waals surface area (Å²) < 4.78 is 0. The first kappa shape index (κ1) is 9.68. The van der Waals surface area contributed by atoms with Crippen LogP contribution in [0.15, 0.2) is 0 Å². The predicted molar refractivity (Wildman–Crippen MR) is 59.4 cm³/mol. The predicted octanol–water partition coefficient (Wildman–Crippen LogP) is 2.44. The van der Waals surface area contributed by atoms with Crippen molar-refractivity contribution in [2.24, 2.45) is 17.8 Å². The van der Waals surface area contributed by atoms with Crippen LogP contribution in [-0.4, -0.2) is 23.9 Å². The average molecular weight is 207 g/mol. The summed E-state index contributed by atoms with van der Waals surface area (Å²) in [5, 5.41) is 0. The van der Waals surface area contributed by atoms with E-state index in [1.54, 1.807) is 0 Å². The van der Waals surface area contributed by atoms with Gasteiger partial charge in [-0.1, -0.05) is 6.42 Å². The number of carbonyl (C=O) groups is 1. The summed E-state index contributed by atoms with van der Waals surface area (Å²) in [6.45, 7) is 2.05. The highest BCUT2D eigenvalue weighted by atomic mass is 16.2. The van der Waals surface area contributed by atoms with Gasteiger partial charge in [0.1, 0.15) is 0 Å². The van der Waals surface area contributed by atoms with Crippen LogP contribution in [0.5, 0.6) is 0 Å². The fourth-order valence-corrected chi connectivity index (χ4v) is 3.95. The Morgan fingerprint density at radius 3 is 2.53 bits per heavy atom. The third kappa shape index (κ3) is 1.79. The van der Waals surface area contributed by atoms with Gasteiger partial charge in [0.2, 0.25) is 5.91 Å². The van der Waals surface area contributed by atoms with Gasteiger partial charge < -0.3 is 4.90 Å². The van der Waals surface area contributed by atoms with Gasteiger partial charge in [-0.25, -0.2) is 0 Å². The molecule has 2 nitrogen and oxygen atoms in total. The summed E-state index contributed by atoms with van der Waals surface area (Å²) in [5.74, 6) is 3.08. The second-order valence-electron chi connectivity index (χ2n) is 5.73. The van der Waals surface area contributed by atoms with Gasteiger partial charge in [-0.05, 0) is 49.9 Å². The van der Waals surface area contributed by atoms with Gasteiger partial charge in [0, 0.05) is 19.5 Å². The normalized spacial score (nSPS) is 38.9. The van der Waals surface area contributed by atoms with Crippen molar-refractivity contribution in [2.45, 2.75) is 44.9 Å². The minimum atomic E-state index is 0.449. The fourth-order valence-electron chi connectivity index (χ4n) is 3.95. The van der Waals surface area contributed by atoms with E-state index < -0.39 is 0 Å². The molecule has 1 saturated heterocycles. The molecule has 3 atom stereocenters. The van der Waals surface area contributed by atoms with Crippen molar-refractivity contribution in [3.63, 3.8) is 0 Å². The van der Waals surface area contributed by atoms with Crippen LogP contribution in [-0.2, 0) is 4.79 Å². The largest absolute Gasteiger partial charge is 0.343 e. The highest BCUT2D eigenvalue weighted by molar-refractivity contribution is 5.76. The molecule has 0 radical (unpaired) electrons. The lowest BCUT2D eigenvalue weighted by molar-refractivity contribution is -0.131. The molecule has 3 aliphatic rings. The Bertz CT molecular complexity index is 257. The van der Waals surface area contributed by atoms with E-state index in [0.717, 1.165) is 37.3 Å². The van der Waals surface area contributed by atoms with E-state index in [-0.39, 0.29) is 0 Å². The van der Waals surface area contributed by atoms with Gasteiger partial charge in [0.25, 0.3) is 0 Å². The molecule has 2 saturated carbocycles. The average Bonchev–Trinajstić information content (AvgIpc) is 2.95. The Hall–Kier alpha value is -0.530. The Morgan fingerprint density at radius 1 is 1.13 bits per heavy atom. The van der Waals surface area contributed by atoms with Gasteiger partial charge in [-0.15, -0.1) is 0 Å². The number of hydrogen-bond acceptors (Lipinski definition) is 1. The zero-order valence-corrected chi connectivity index (χ0v) is 9.45. The lowest BCUT2D eigenvalue weighted by Crippen LogP contribution is -2.30. The van der Waals surface area contributed by atoms with Gasteiger partial charge in [0.15, 0.2) is 0 Å². The molecule has 0 unspecified atom stereocenters. The first-order valence-corrected chi connectivity index (χ1v) is 6.60. The maximum atomic E-state index is 12.0. The summed E-state index contributed by atoms with van der Waals surface area (Å²) >= 11 is 0. The SMILES string of the molecule is O=C(C[C@H]1C[C@H]2CC[C@H]1C2)N1CCCC1. The zero-order valence-electron chi connectivity index (χ0n) is 9.45. The molecule has 0 aromatic heterocycles. The van der Waals surface area contributed by atoms with E-state index >= 15 is 0 Å². The Morgan fingerprint density at radius 2 is 1.93 bits per heavy atom. The summed E-state index contributed by atoms with van der Waals surface area (Å²) in [7, 11) is 0. The lowest BCUT2D eigenvalue weighted by Gasteiger charge is -2.23. The molecule has 0 spiro atoms. The standard InChI is InChI=1S/C13H21NO/c15-13(14-5-1-2-6-14)9-12-8-10-3-4-11(12)7-10/h10-12H,1-9H2/t10-,11-,12+/m0/s1. The minimum absolute atomic E-state index is 0.449. The third-order valence-electron chi connectivity index (χ3n) is 4.78. The topological polar surface area (TPSA) is 20.3 Å². The van der Waals surface area contributed by atoms with Crippen LogP contribution < -0.4 is 0 Å². The molecule has 2 aliphatic carbocycles. The summed E-state index contributed by atoms with van der Waals surface area (Å²) in [4.78, 5) is 14.1.